The Kier molecular flexibility index (Phi) is 7.19. The van der Waals surface area contributed by atoms with E-state index in [1.165, 1.54) is 12.8 Å². The molecule has 0 aromatic heterocycles. The molecular weight excluding hydrogens is 454 g/mol. The maximum absolute atomic E-state index is 12.9. The molecule has 0 atom stereocenters. The third-order valence-corrected chi connectivity index (χ3v) is 9.20. The van der Waals surface area contributed by atoms with Crippen molar-refractivity contribution in [3.63, 3.8) is 0 Å². The molecule has 2 heterocycles. The van der Waals surface area contributed by atoms with Crippen LogP contribution in [0.4, 0.5) is 0 Å². The van der Waals surface area contributed by atoms with Gasteiger partial charge in [0.2, 0.25) is 0 Å². The fourth-order valence-electron chi connectivity index (χ4n) is 5.22. The number of nitrogens with zero attached hydrogens (tertiary/aromatic N) is 2. The summed E-state index contributed by atoms with van der Waals surface area (Å²) in [4.78, 5) is 28.7. The van der Waals surface area contributed by atoms with Crippen LogP contribution in [0.25, 0.3) is 6.08 Å². The maximum Gasteiger partial charge on any atom is 0.307 e. The van der Waals surface area contributed by atoms with Crippen molar-refractivity contribution in [1.82, 2.24) is 9.62 Å². The summed E-state index contributed by atoms with van der Waals surface area (Å²) >= 11 is 0. The number of amidine groups is 1. The fourth-order valence-corrected chi connectivity index (χ4v) is 6.49. The first kappa shape index (κ1) is 24.9. The molecule has 34 heavy (non-hydrogen) atoms. The van der Waals surface area contributed by atoms with Gasteiger partial charge in [0.25, 0.3) is 5.91 Å². The lowest BCUT2D eigenvalue weighted by Gasteiger charge is -2.39. The van der Waals surface area contributed by atoms with Crippen molar-refractivity contribution in [2.75, 3.05) is 13.1 Å². The summed E-state index contributed by atoms with van der Waals surface area (Å²) in [5.74, 6) is 1.08. The lowest BCUT2D eigenvalue weighted by molar-refractivity contribution is -0.136. The first-order valence-corrected chi connectivity index (χ1v) is 13.7. The summed E-state index contributed by atoms with van der Waals surface area (Å²) < 4.78 is 19.2. The average Bonchev–Trinajstić information content (AvgIpc) is 3.09. The number of carboxylic acids is 1. The van der Waals surface area contributed by atoms with Crippen molar-refractivity contribution in [2.24, 2.45) is 16.8 Å². The van der Waals surface area contributed by atoms with Gasteiger partial charge in [-0.1, -0.05) is 38.0 Å². The summed E-state index contributed by atoms with van der Waals surface area (Å²) in [6.07, 6.45) is 7.36. The molecule has 0 unspecified atom stereocenters. The van der Waals surface area contributed by atoms with Crippen LogP contribution >= 0.6 is 10.8 Å². The minimum Gasteiger partial charge on any atom is -0.481 e. The molecule has 0 radical (unpaired) electrons. The van der Waals surface area contributed by atoms with E-state index in [1.54, 1.807) is 17.6 Å². The van der Waals surface area contributed by atoms with Gasteiger partial charge in [-0.3, -0.25) is 23.7 Å². The van der Waals surface area contributed by atoms with Gasteiger partial charge >= 0.3 is 5.97 Å². The van der Waals surface area contributed by atoms with Gasteiger partial charge in [0, 0.05) is 19.0 Å². The van der Waals surface area contributed by atoms with Gasteiger partial charge in [0.05, 0.1) is 17.2 Å². The Balaban J connectivity index is 1.39. The second-order valence-electron chi connectivity index (χ2n) is 10.1. The molecule has 1 saturated heterocycles. The van der Waals surface area contributed by atoms with E-state index in [1.807, 2.05) is 23.4 Å². The molecule has 1 aromatic carbocycles. The Labute approximate surface area is 202 Å². The molecule has 1 saturated carbocycles. The van der Waals surface area contributed by atoms with Crippen molar-refractivity contribution in [2.45, 2.75) is 64.3 Å². The van der Waals surface area contributed by atoms with E-state index in [0.29, 0.717) is 31.8 Å². The van der Waals surface area contributed by atoms with Crippen LogP contribution in [-0.2, 0) is 16.0 Å². The smallest absolute Gasteiger partial charge is 0.307 e. The first-order chi connectivity index (χ1) is 16.1. The van der Waals surface area contributed by atoms with Crippen molar-refractivity contribution in [3.8, 4) is 0 Å². The second-order valence-corrected chi connectivity index (χ2v) is 12.1. The van der Waals surface area contributed by atoms with Gasteiger partial charge in [0.15, 0.2) is 0 Å². The number of aliphatic carboxylic acids is 1. The molecule has 2 fully saturated rings. The van der Waals surface area contributed by atoms with Crippen LogP contribution in [0.15, 0.2) is 28.6 Å². The van der Waals surface area contributed by atoms with Gasteiger partial charge in [-0.05, 0) is 61.3 Å². The second kappa shape index (κ2) is 9.81. The number of carbonyl (C=O) groups is 2. The molecule has 4 rings (SSSR count). The zero-order chi connectivity index (χ0) is 24.5. The molecule has 186 valence electrons. The van der Waals surface area contributed by atoms with Crippen molar-refractivity contribution in [1.29, 1.82) is 0 Å². The minimum absolute atomic E-state index is 0.0102. The quantitative estimate of drug-likeness (QED) is 0.593. The number of nitrogens with one attached hydrogen (secondary N) is 1. The number of benzene rings is 1. The van der Waals surface area contributed by atoms with Gasteiger partial charge in [-0.25, -0.2) is 0 Å². The third kappa shape index (κ3) is 5.38. The van der Waals surface area contributed by atoms with E-state index in [2.05, 4.69) is 12.2 Å². The van der Waals surface area contributed by atoms with E-state index in [4.69, 9.17) is 19.2 Å². The monoisotopic (exact) mass is 491 g/mol. The number of carbonyl (C=O) groups excluding carboxylic acids is 1. The highest BCUT2D eigenvalue weighted by Gasteiger charge is 2.49. The number of rotatable bonds is 6. The van der Waals surface area contributed by atoms with E-state index in [-0.39, 0.29) is 12.3 Å². The van der Waals surface area contributed by atoms with Crippen molar-refractivity contribution in [3.05, 3.63) is 40.3 Å². The normalized spacial score (nSPS) is 26.0. The number of carboxylic acid groups (broad SMARTS) is 1. The van der Waals surface area contributed by atoms with E-state index in [9.17, 15) is 9.59 Å². The Bertz CT molecular complexity index is 1010. The third-order valence-electron chi connectivity index (χ3n) is 7.49. The van der Waals surface area contributed by atoms with Gasteiger partial charge in [-0.2, -0.15) is 0 Å². The molecule has 6 N–H and O–H groups in total. The van der Waals surface area contributed by atoms with Crippen LogP contribution in [0.5, 0.6) is 0 Å². The Morgan fingerprint density at radius 2 is 1.94 bits per heavy atom. The highest BCUT2D eigenvalue weighted by Crippen LogP contribution is 2.48. The molecule has 1 aromatic rings. The highest BCUT2D eigenvalue weighted by atomic mass is 32.3. The summed E-state index contributed by atoms with van der Waals surface area (Å²) in [6, 6.07) is 5.46. The molecule has 3 aliphatic rings. The number of hydrogen-bond donors (Lipinski definition) is 2. The summed E-state index contributed by atoms with van der Waals surface area (Å²) in [5.41, 5.74) is 1.80. The topological polar surface area (TPSA) is 128 Å². The predicted octanol–water partition coefficient (Wildman–Crippen LogP) is 2.78. The summed E-state index contributed by atoms with van der Waals surface area (Å²) in [5, 5.41) is 13.7. The zero-order valence-electron chi connectivity index (χ0n) is 20.0. The Morgan fingerprint density at radius 3 is 2.56 bits per heavy atom. The van der Waals surface area contributed by atoms with Gasteiger partial charge < -0.3 is 10.4 Å². The molecular formula is C25H37N3O5S+2. The average molecular weight is 492 g/mol. The molecule has 1 amide bonds. The molecule has 8 nitrogen and oxygen atoms in total. The first-order valence-electron chi connectivity index (χ1n) is 12.1. The van der Waals surface area contributed by atoms with Crippen molar-refractivity contribution < 1.29 is 23.8 Å². The van der Waals surface area contributed by atoms with Crippen LogP contribution in [0.2, 0.25) is 0 Å². The van der Waals surface area contributed by atoms with Crippen LogP contribution in [-0.4, -0.2) is 54.9 Å². The number of hydrogen-bond acceptors (Lipinski definition) is 4. The number of aliphatic imine (C=N–C) groups is 1. The number of piperidine rings is 1. The fraction of sp³-hybridized carbons (Fsp3) is 0.560. The standard InChI is InChI=1S/C25H35N3O5S/c1-17-3-6-21(7-4-17)23-26-24(31)25(27-23)10-12-28(13-11-25)34(32,33)14-9-20-8-5-19(15-18(20)2)16-22(29)30/h5,8-9,14-15,17,21,32-33H,3-4,6-7,10-13,16H2,1-2H3,(H,29,30)(H,26,27,31)/p+2/b14-9+. The van der Waals surface area contributed by atoms with Crippen LogP contribution in [0, 0.1) is 18.8 Å². The van der Waals surface area contributed by atoms with E-state index >= 15 is 0 Å². The predicted molar refractivity (Wildman–Crippen MR) is 137 cm³/mol. The van der Waals surface area contributed by atoms with Crippen LogP contribution in [0.3, 0.4) is 0 Å². The number of amides is 1. The van der Waals surface area contributed by atoms with E-state index < -0.39 is 22.3 Å². The van der Waals surface area contributed by atoms with Crippen LogP contribution in [0.1, 0.15) is 62.1 Å². The zero-order valence-corrected chi connectivity index (χ0v) is 20.8. The summed E-state index contributed by atoms with van der Waals surface area (Å²) in [6.45, 7) is 5.18. The molecule has 9 heteroatoms. The minimum atomic E-state index is -2.65. The molecule has 0 bridgehead atoms. The molecule has 1 aliphatic carbocycles. The number of aryl methyl sites for hydroxylation is 1. The SMILES string of the molecule is Cc1cc(CC(=O)O)ccc1/C=C/S([OH2+])([OH2+])N1CCC2(CC1)N=C(C1CCC(C)CC1)NC2=O. The van der Waals surface area contributed by atoms with E-state index in [0.717, 1.165) is 41.3 Å². The lowest BCUT2D eigenvalue weighted by atomic mass is 9.82. The largest absolute Gasteiger partial charge is 0.481 e. The maximum atomic E-state index is 12.9. The highest BCUT2D eigenvalue weighted by molar-refractivity contribution is 8.24. The molecule has 1 spiro atoms. The lowest BCUT2D eigenvalue weighted by Crippen LogP contribution is -2.49. The van der Waals surface area contributed by atoms with Gasteiger partial charge in [-0.15, -0.1) is 4.31 Å². The Morgan fingerprint density at radius 1 is 1.26 bits per heavy atom. The van der Waals surface area contributed by atoms with Crippen LogP contribution < -0.4 is 5.32 Å². The molecule has 2 aliphatic heterocycles. The van der Waals surface area contributed by atoms with Crippen molar-refractivity contribution >= 4 is 34.6 Å². The van der Waals surface area contributed by atoms with Gasteiger partial charge in [0.1, 0.15) is 16.8 Å². The Hall–Kier alpha value is -2.20. The summed E-state index contributed by atoms with van der Waals surface area (Å²) in [7, 11) is -2.65.